The lowest BCUT2D eigenvalue weighted by Crippen LogP contribution is -2.63. The fraction of sp³-hybridized carbons (Fsp3) is 0.714. The Labute approximate surface area is 132 Å². The third-order valence-corrected chi connectivity index (χ3v) is 4.64. The maximum atomic E-state index is 13.3. The average Bonchev–Trinajstić information content (AvgIpc) is 2.81. The molecule has 0 N–H and O–H groups in total. The van der Waals surface area contributed by atoms with Crippen molar-refractivity contribution < 1.29 is 18.0 Å². The van der Waals surface area contributed by atoms with Gasteiger partial charge in [0.25, 0.3) is 5.91 Å². The lowest BCUT2D eigenvalue weighted by molar-refractivity contribution is -0.143. The summed E-state index contributed by atoms with van der Waals surface area (Å²) in [6.07, 6.45) is -4.56. The number of rotatable bonds is 1. The highest BCUT2D eigenvalue weighted by molar-refractivity contribution is 6.05. The molecule has 0 saturated carbocycles. The largest absolute Gasteiger partial charge is 0.435 e. The number of aromatic nitrogens is 2. The summed E-state index contributed by atoms with van der Waals surface area (Å²) in [4.78, 5) is 17.6. The molecule has 0 aromatic carbocycles. The lowest BCUT2D eigenvalue weighted by atomic mass is 10.0. The highest BCUT2D eigenvalue weighted by Crippen LogP contribution is 2.45. The van der Waals surface area contributed by atoms with E-state index in [9.17, 15) is 18.0 Å². The molecule has 1 atom stereocenters. The van der Waals surface area contributed by atoms with Crippen molar-refractivity contribution in [2.24, 2.45) is 7.05 Å². The van der Waals surface area contributed by atoms with E-state index in [0.29, 0.717) is 19.6 Å². The van der Waals surface area contributed by atoms with Crippen molar-refractivity contribution in [1.29, 1.82) is 0 Å². The summed E-state index contributed by atoms with van der Waals surface area (Å²) >= 11 is 0. The van der Waals surface area contributed by atoms with E-state index in [2.05, 4.69) is 10.00 Å². The van der Waals surface area contributed by atoms with E-state index in [1.807, 2.05) is 13.8 Å². The summed E-state index contributed by atoms with van der Waals surface area (Å²) in [5.41, 5.74) is -1.02. The van der Waals surface area contributed by atoms with E-state index in [1.54, 1.807) is 4.90 Å². The topological polar surface area (TPSA) is 44.6 Å². The molecule has 2 aliphatic rings. The number of alkyl halides is 3. The van der Waals surface area contributed by atoms with Gasteiger partial charge in [-0.2, -0.15) is 18.3 Å². The molecule has 1 unspecified atom stereocenters. The second-order valence-electron chi connectivity index (χ2n) is 6.34. The Morgan fingerprint density at radius 2 is 1.87 bits per heavy atom. The molecule has 1 saturated heterocycles. The Morgan fingerprint density at radius 1 is 1.22 bits per heavy atom. The van der Waals surface area contributed by atoms with Gasteiger partial charge in [-0.3, -0.25) is 14.4 Å². The molecule has 3 rings (SSSR count). The normalized spacial score (nSPS) is 22.6. The first-order chi connectivity index (χ1) is 10.6. The molecule has 0 aliphatic carbocycles. The highest BCUT2D eigenvalue weighted by Gasteiger charge is 2.48. The minimum Gasteiger partial charge on any atom is -0.339 e. The third-order valence-electron chi connectivity index (χ3n) is 4.64. The summed E-state index contributed by atoms with van der Waals surface area (Å²) in [6, 6.07) is -0.203. The van der Waals surface area contributed by atoms with Gasteiger partial charge in [0.15, 0.2) is 11.5 Å². The Bertz CT molecular complexity index is 639. The van der Waals surface area contributed by atoms with Crippen molar-refractivity contribution in [3.63, 3.8) is 0 Å². The van der Waals surface area contributed by atoms with Crippen molar-refractivity contribution in [2.45, 2.75) is 32.1 Å². The van der Waals surface area contributed by atoms with Crippen LogP contribution in [0.5, 0.6) is 0 Å². The highest BCUT2D eigenvalue weighted by atomic mass is 19.4. The van der Waals surface area contributed by atoms with Crippen molar-refractivity contribution in [1.82, 2.24) is 14.7 Å². The molecule has 0 spiro atoms. The van der Waals surface area contributed by atoms with E-state index in [4.69, 9.17) is 0 Å². The first-order valence-electron chi connectivity index (χ1n) is 7.55. The second kappa shape index (κ2) is 5.12. The summed E-state index contributed by atoms with van der Waals surface area (Å²) < 4.78 is 40.8. The number of amides is 1. The molecular weight excluding hydrogens is 311 g/mol. The zero-order chi connectivity index (χ0) is 17.1. The van der Waals surface area contributed by atoms with Gasteiger partial charge in [-0.25, -0.2) is 0 Å². The van der Waals surface area contributed by atoms with E-state index in [0.717, 1.165) is 9.58 Å². The number of nitrogens with zero attached hydrogens (tertiary/aromatic N) is 5. The minimum atomic E-state index is -4.56. The number of halogens is 3. The number of hydrogen-bond acceptors (Lipinski definition) is 4. The zero-order valence-corrected chi connectivity index (χ0v) is 13.6. The van der Waals surface area contributed by atoms with E-state index in [-0.39, 0.29) is 23.5 Å². The van der Waals surface area contributed by atoms with Gasteiger partial charge in [0.2, 0.25) is 0 Å². The van der Waals surface area contributed by atoms with Gasteiger partial charge in [-0.15, -0.1) is 0 Å². The molecule has 1 amide bonds. The molecule has 2 aliphatic heterocycles. The summed E-state index contributed by atoms with van der Waals surface area (Å²) in [7, 11) is 2.66. The quantitative estimate of drug-likeness (QED) is 0.778. The van der Waals surface area contributed by atoms with Crippen LogP contribution >= 0.6 is 0 Å². The smallest absolute Gasteiger partial charge is 0.339 e. The molecule has 6 nitrogen and oxygen atoms in total. The van der Waals surface area contributed by atoms with Gasteiger partial charge in [-0.05, 0) is 13.8 Å². The van der Waals surface area contributed by atoms with Crippen molar-refractivity contribution >= 4 is 17.4 Å². The van der Waals surface area contributed by atoms with Crippen LogP contribution in [0.1, 0.15) is 19.5 Å². The number of hydrogen-bond donors (Lipinski definition) is 0. The molecular formula is C14H20F3N5O. The van der Waals surface area contributed by atoms with Gasteiger partial charge in [-0.1, -0.05) is 0 Å². The molecule has 3 heterocycles. The number of piperazine rings is 1. The van der Waals surface area contributed by atoms with Crippen LogP contribution < -0.4 is 9.80 Å². The SMILES string of the molecule is CC(C)N1CCN2c3nn(C)c(C(F)(F)F)c3N(C)C(=O)C2C1. The molecule has 1 aromatic heterocycles. The van der Waals surface area contributed by atoms with Crippen LogP contribution in [0.2, 0.25) is 0 Å². The molecule has 9 heteroatoms. The fourth-order valence-corrected chi connectivity index (χ4v) is 3.39. The first kappa shape index (κ1) is 16.1. The van der Waals surface area contributed by atoms with Crippen molar-refractivity contribution in [3.05, 3.63) is 5.69 Å². The van der Waals surface area contributed by atoms with Gasteiger partial charge in [0.05, 0.1) is 0 Å². The minimum absolute atomic E-state index is 0.140. The monoisotopic (exact) mass is 331 g/mol. The predicted molar refractivity (Wildman–Crippen MR) is 79.5 cm³/mol. The Kier molecular flexibility index (Phi) is 3.58. The molecule has 0 bridgehead atoms. The van der Waals surface area contributed by atoms with Crippen LogP contribution in [0.15, 0.2) is 0 Å². The number of aryl methyl sites for hydroxylation is 1. The Hall–Kier alpha value is -1.77. The second-order valence-corrected chi connectivity index (χ2v) is 6.34. The number of carbonyl (C=O) groups is 1. The van der Waals surface area contributed by atoms with Crippen molar-refractivity contribution in [3.8, 4) is 0 Å². The number of carbonyl (C=O) groups excluding carboxylic acids is 1. The summed E-state index contributed by atoms with van der Waals surface area (Å²) in [5, 5.41) is 4.07. The van der Waals surface area contributed by atoms with E-state index < -0.39 is 17.9 Å². The zero-order valence-electron chi connectivity index (χ0n) is 13.6. The maximum Gasteiger partial charge on any atom is 0.435 e. The Morgan fingerprint density at radius 3 is 2.43 bits per heavy atom. The van der Waals surface area contributed by atoms with Gasteiger partial charge < -0.3 is 9.80 Å². The molecule has 1 fully saturated rings. The molecule has 23 heavy (non-hydrogen) atoms. The number of anilines is 2. The van der Waals surface area contributed by atoms with Crippen LogP contribution in [0, 0.1) is 0 Å². The van der Waals surface area contributed by atoms with Crippen LogP contribution in [-0.2, 0) is 18.0 Å². The number of likely N-dealkylation sites (N-methyl/N-ethyl adjacent to an activating group) is 1. The molecule has 0 radical (unpaired) electrons. The lowest BCUT2D eigenvalue weighted by Gasteiger charge is -2.46. The molecule has 128 valence electrons. The fourth-order valence-electron chi connectivity index (χ4n) is 3.39. The first-order valence-corrected chi connectivity index (χ1v) is 7.55. The standard InChI is InChI=1S/C14H20F3N5O/c1-8(2)21-5-6-22-9(7-21)13(23)19(3)10-11(14(15,16)17)20(4)18-12(10)22/h8-9H,5-7H2,1-4H3. The van der Waals surface area contributed by atoms with Gasteiger partial charge in [0.1, 0.15) is 11.7 Å². The van der Waals surface area contributed by atoms with Crippen LogP contribution in [0.25, 0.3) is 0 Å². The third kappa shape index (κ3) is 2.37. The van der Waals surface area contributed by atoms with Crippen molar-refractivity contribution in [2.75, 3.05) is 36.5 Å². The summed E-state index contributed by atoms with van der Waals surface area (Å²) in [5.74, 6) is -0.0725. The van der Waals surface area contributed by atoms with Crippen LogP contribution in [-0.4, -0.2) is 59.4 Å². The van der Waals surface area contributed by atoms with E-state index in [1.165, 1.54) is 14.1 Å². The van der Waals surface area contributed by atoms with Gasteiger partial charge in [0, 0.05) is 39.8 Å². The van der Waals surface area contributed by atoms with E-state index >= 15 is 0 Å². The van der Waals surface area contributed by atoms with Crippen LogP contribution in [0.4, 0.5) is 24.7 Å². The average molecular weight is 331 g/mol. The molecule has 1 aromatic rings. The predicted octanol–water partition coefficient (Wildman–Crippen LogP) is 1.31. The summed E-state index contributed by atoms with van der Waals surface area (Å²) in [6.45, 7) is 5.77. The van der Waals surface area contributed by atoms with Crippen LogP contribution in [0.3, 0.4) is 0 Å². The number of fused-ring (bicyclic) bond motifs is 3. The Balaban J connectivity index is 2.07. The van der Waals surface area contributed by atoms with Gasteiger partial charge >= 0.3 is 6.18 Å². The maximum absolute atomic E-state index is 13.3.